The summed E-state index contributed by atoms with van der Waals surface area (Å²) in [4.78, 5) is 11.7. The SMILES string of the molecule is Cc1cccc(C)c1OCC(=O)N/N=C\c1ccc(O)cc1. The highest BCUT2D eigenvalue weighted by atomic mass is 16.5. The topological polar surface area (TPSA) is 70.9 Å². The predicted molar refractivity (Wildman–Crippen MR) is 85.3 cm³/mol. The number of amides is 1. The lowest BCUT2D eigenvalue weighted by Crippen LogP contribution is -2.25. The monoisotopic (exact) mass is 298 g/mol. The molecule has 5 heteroatoms. The van der Waals surface area contributed by atoms with Gasteiger partial charge in [-0.05, 0) is 54.8 Å². The fourth-order valence-electron chi connectivity index (χ4n) is 1.94. The standard InChI is InChI=1S/C17H18N2O3/c1-12-4-3-5-13(2)17(12)22-11-16(21)19-18-10-14-6-8-15(20)9-7-14/h3-10,20H,11H2,1-2H3,(H,19,21)/b18-10-. The van der Waals surface area contributed by atoms with E-state index in [1.807, 2.05) is 32.0 Å². The summed E-state index contributed by atoms with van der Waals surface area (Å²) < 4.78 is 5.53. The van der Waals surface area contributed by atoms with Crippen LogP contribution in [-0.2, 0) is 4.79 Å². The number of carbonyl (C=O) groups excluding carboxylic acids is 1. The van der Waals surface area contributed by atoms with Crippen LogP contribution in [-0.4, -0.2) is 23.8 Å². The normalized spacial score (nSPS) is 10.6. The number of rotatable bonds is 5. The predicted octanol–water partition coefficient (Wildman–Crippen LogP) is 2.54. The van der Waals surface area contributed by atoms with Crippen molar-refractivity contribution >= 4 is 12.1 Å². The summed E-state index contributed by atoms with van der Waals surface area (Å²) in [5, 5.41) is 13.0. The number of aryl methyl sites for hydroxylation is 2. The largest absolute Gasteiger partial charge is 0.508 e. The van der Waals surface area contributed by atoms with Gasteiger partial charge in [0.15, 0.2) is 6.61 Å². The minimum Gasteiger partial charge on any atom is -0.508 e. The second-order valence-electron chi connectivity index (χ2n) is 4.89. The van der Waals surface area contributed by atoms with Gasteiger partial charge in [0, 0.05) is 0 Å². The van der Waals surface area contributed by atoms with Crippen LogP contribution in [0.25, 0.3) is 0 Å². The number of hydrazone groups is 1. The Morgan fingerprint density at radius 2 is 1.82 bits per heavy atom. The number of hydrogen-bond donors (Lipinski definition) is 2. The van der Waals surface area contributed by atoms with Gasteiger partial charge < -0.3 is 9.84 Å². The second kappa shape index (κ2) is 7.26. The average Bonchev–Trinajstić information content (AvgIpc) is 2.49. The molecule has 0 spiro atoms. The van der Waals surface area contributed by atoms with Crippen LogP contribution in [0.2, 0.25) is 0 Å². The van der Waals surface area contributed by atoms with Crippen LogP contribution in [0.3, 0.4) is 0 Å². The third kappa shape index (κ3) is 4.34. The number of aromatic hydroxyl groups is 1. The van der Waals surface area contributed by atoms with Crippen LogP contribution in [0.5, 0.6) is 11.5 Å². The Kier molecular flexibility index (Phi) is 5.14. The average molecular weight is 298 g/mol. The van der Waals surface area contributed by atoms with Crippen LogP contribution >= 0.6 is 0 Å². The minimum atomic E-state index is -0.335. The number of nitrogens with zero attached hydrogens (tertiary/aromatic N) is 1. The maximum absolute atomic E-state index is 11.7. The summed E-state index contributed by atoms with van der Waals surface area (Å²) in [5.41, 5.74) is 5.14. The van der Waals surface area contributed by atoms with Crippen molar-refractivity contribution in [3.05, 3.63) is 59.2 Å². The van der Waals surface area contributed by atoms with Gasteiger partial charge in [0.05, 0.1) is 6.21 Å². The van der Waals surface area contributed by atoms with Crippen molar-refractivity contribution in [1.29, 1.82) is 0 Å². The highest BCUT2D eigenvalue weighted by Gasteiger charge is 2.06. The Bertz CT molecular complexity index is 659. The van der Waals surface area contributed by atoms with Crippen LogP contribution < -0.4 is 10.2 Å². The zero-order valence-electron chi connectivity index (χ0n) is 12.5. The first kappa shape index (κ1) is 15.6. The van der Waals surface area contributed by atoms with Crippen molar-refractivity contribution in [3.63, 3.8) is 0 Å². The van der Waals surface area contributed by atoms with E-state index in [0.717, 1.165) is 22.4 Å². The van der Waals surface area contributed by atoms with Crippen LogP contribution in [0.4, 0.5) is 0 Å². The van der Waals surface area contributed by atoms with Gasteiger partial charge in [0.2, 0.25) is 0 Å². The number of nitrogens with one attached hydrogen (secondary N) is 1. The maximum atomic E-state index is 11.7. The van der Waals surface area contributed by atoms with E-state index in [9.17, 15) is 4.79 Å². The molecular weight excluding hydrogens is 280 g/mol. The zero-order chi connectivity index (χ0) is 15.9. The highest BCUT2D eigenvalue weighted by molar-refractivity contribution is 5.83. The summed E-state index contributed by atoms with van der Waals surface area (Å²) in [7, 11) is 0. The number of para-hydroxylation sites is 1. The molecule has 0 saturated carbocycles. The van der Waals surface area contributed by atoms with Gasteiger partial charge in [-0.2, -0.15) is 5.10 Å². The number of benzene rings is 2. The van der Waals surface area contributed by atoms with Gasteiger partial charge in [-0.15, -0.1) is 0 Å². The first-order chi connectivity index (χ1) is 10.6. The highest BCUT2D eigenvalue weighted by Crippen LogP contribution is 2.21. The summed E-state index contributed by atoms with van der Waals surface area (Å²) in [6, 6.07) is 12.3. The van der Waals surface area contributed by atoms with E-state index >= 15 is 0 Å². The molecule has 0 atom stereocenters. The van der Waals surface area contributed by atoms with Crippen LogP contribution in [0.1, 0.15) is 16.7 Å². The van der Waals surface area contributed by atoms with E-state index in [2.05, 4.69) is 10.5 Å². The van der Waals surface area contributed by atoms with E-state index in [-0.39, 0.29) is 18.3 Å². The third-order valence-corrected chi connectivity index (χ3v) is 3.05. The van der Waals surface area contributed by atoms with Gasteiger partial charge >= 0.3 is 0 Å². The van der Waals surface area contributed by atoms with E-state index in [1.165, 1.54) is 6.21 Å². The quantitative estimate of drug-likeness (QED) is 0.658. The Morgan fingerprint density at radius 3 is 2.45 bits per heavy atom. The van der Waals surface area contributed by atoms with Crippen molar-refractivity contribution in [1.82, 2.24) is 5.43 Å². The third-order valence-electron chi connectivity index (χ3n) is 3.05. The van der Waals surface area contributed by atoms with E-state index in [1.54, 1.807) is 24.3 Å². The van der Waals surface area contributed by atoms with Gasteiger partial charge in [-0.25, -0.2) is 5.43 Å². The van der Waals surface area contributed by atoms with Crippen molar-refractivity contribution in [2.24, 2.45) is 5.10 Å². The molecule has 2 aromatic carbocycles. The van der Waals surface area contributed by atoms with Gasteiger partial charge in [0.1, 0.15) is 11.5 Å². The van der Waals surface area contributed by atoms with Crippen molar-refractivity contribution in [2.75, 3.05) is 6.61 Å². The Hall–Kier alpha value is -2.82. The van der Waals surface area contributed by atoms with Crippen LogP contribution in [0, 0.1) is 13.8 Å². The first-order valence-electron chi connectivity index (χ1n) is 6.86. The molecule has 2 rings (SSSR count). The summed E-state index contributed by atoms with van der Waals surface area (Å²) >= 11 is 0. The lowest BCUT2D eigenvalue weighted by Gasteiger charge is -2.10. The lowest BCUT2D eigenvalue weighted by molar-refractivity contribution is -0.123. The molecule has 0 unspecified atom stereocenters. The minimum absolute atomic E-state index is 0.0986. The Balaban J connectivity index is 1.84. The molecule has 5 nitrogen and oxygen atoms in total. The molecule has 2 aromatic rings. The molecule has 0 heterocycles. The second-order valence-corrected chi connectivity index (χ2v) is 4.89. The molecule has 0 saturated heterocycles. The molecular formula is C17H18N2O3. The molecule has 0 aromatic heterocycles. The molecule has 1 amide bonds. The van der Waals surface area contributed by atoms with Gasteiger partial charge in [-0.3, -0.25) is 4.79 Å². The van der Waals surface area contributed by atoms with Crippen molar-refractivity contribution in [3.8, 4) is 11.5 Å². The molecule has 0 aliphatic rings. The number of hydrogen-bond acceptors (Lipinski definition) is 4. The lowest BCUT2D eigenvalue weighted by atomic mass is 10.1. The molecule has 0 radical (unpaired) electrons. The smallest absolute Gasteiger partial charge is 0.277 e. The molecule has 2 N–H and O–H groups in total. The number of phenolic OH excluding ortho intramolecular Hbond substituents is 1. The summed E-state index contributed by atoms with van der Waals surface area (Å²) in [6.45, 7) is 3.77. The molecule has 0 bridgehead atoms. The molecule has 114 valence electrons. The molecule has 22 heavy (non-hydrogen) atoms. The fourth-order valence-corrected chi connectivity index (χ4v) is 1.94. The van der Waals surface area contributed by atoms with Gasteiger partial charge in [0.25, 0.3) is 5.91 Å². The zero-order valence-corrected chi connectivity index (χ0v) is 12.5. The van der Waals surface area contributed by atoms with Crippen LogP contribution in [0.15, 0.2) is 47.6 Å². The maximum Gasteiger partial charge on any atom is 0.277 e. The summed E-state index contributed by atoms with van der Waals surface area (Å²) in [6.07, 6.45) is 1.50. The number of phenols is 1. The van der Waals surface area contributed by atoms with E-state index in [0.29, 0.717) is 0 Å². The fraction of sp³-hybridized carbons (Fsp3) is 0.176. The Morgan fingerprint density at radius 1 is 1.18 bits per heavy atom. The number of carbonyl (C=O) groups is 1. The van der Waals surface area contributed by atoms with Crippen molar-refractivity contribution < 1.29 is 14.6 Å². The summed E-state index contributed by atoms with van der Waals surface area (Å²) in [5.74, 6) is 0.570. The van der Waals surface area contributed by atoms with E-state index < -0.39 is 0 Å². The van der Waals surface area contributed by atoms with Crippen molar-refractivity contribution in [2.45, 2.75) is 13.8 Å². The molecule has 0 fully saturated rings. The number of ether oxygens (including phenoxy) is 1. The van der Waals surface area contributed by atoms with E-state index in [4.69, 9.17) is 9.84 Å². The first-order valence-corrected chi connectivity index (χ1v) is 6.86. The Labute approximate surface area is 129 Å². The molecule has 0 aliphatic carbocycles. The molecule has 0 aliphatic heterocycles. The van der Waals surface area contributed by atoms with Gasteiger partial charge in [-0.1, -0.05) is 18.2 Å².